The van der Waals surface area contributed by atoms with Gasteiger partial charge in [-0.05, 0) is 44.2 Å². The van der Waals surface area contributed by atoms with Crippen LogP contribution < -0.4 is 0 Å². The third kappa shape index (κ3) is 4.01. The van der Waals surface area contributed by atoms with E-state index in [9.17, 15) is 18.8 Å². The molecule has 2 aromatic rings. The summed E-state index contributed by atoms with van der Waals surface area (Å²) in [5, 5.41) is 0. The monoisotopic (exact) mass is 427 g/mol. The molecule has 1 atom stereocenters. The molecule has 2 aliphatic rings. The van der Waals surface area contributed by atoms with Crippen molar-refractivity contribution in [1.82, 2.24) is 4.90 Å². The highest BCUT2D eigenvalue weighted by Crippen LogP contribution is 2.37. The summed E-state index contributed by atoms with van der Waals surface area (Å²) in [6.07, 6.45) is 4.31. The number of fused-ring (bicyclic) bond motifs is 1. The Kier molecular flexibility index (Phi) is 5.94. The zero-order valence-corrected chi connectivity index (χ0v) is 17.6. The molecule has 0 bridgehead atoms. The van der Waals surface area contributed by atoms with Gasteiger partial charge < -0.3 is 14.1 Å². The van der Waals surface area contributed by atoms with Gasteiger partial charge in [0.05, 0.1) is 23.1 Å². The number of benzene rings is 1. The van der Waals surface area contributed by atoms with E-state index in [1.165, 1.54) is 12.3 Å². The molecule has 2 heterocycles. The Hall–Kier alpha value is -2.96. The molecule has 1 aliphatic carbocycles. The van der Waals surface area contributed by atoms with E-state index >= 15 is 0 Å². The number of rotatable bonds is 5. The van der Waals surface area contributed by atoms with Crippen LogP contribution in [0.15, 0.2) is 34.9 Å². The number of Topliss-reactive ketones (excluding diaryl/α,β-unsaturated/α-hetero) is 1. The first-order valence-electron chi connectivity index (χ1n) is 10.8. The Morgan fingerprint density at radius 1 is 1.23 bits per heavy atom. The van der Waals surface area contributed by atoms with Crippen LogP contribution in [0.5, 0.6) is 0 Å². The maximum atomic E-state index is 14.4. The number of ketones is 1. The molecule has 31 heavy (non-hydrogen) atoms. The Bertz CT molecular complexity index is 1010. The molecular weight excluding hydrogens is 401 g/mol. The van der Waals surface area contributed by atoms with Crippen molar-refractivity contribution in [1.29, 1.82) is 0 Å². The number of hydrogen-bond acceptors (Lipinski definition) is 5. The molecule has 0 radical (unpaired) electrons. The van der Waals surface area contributed by atoms with Gasteiger partial charge in [-0.1, -0.05) is 18.2 Å². The predicted molar refractivity (Wildman–Crippen MR) is 110 cm³/mol. The molecule has 1 saturated heterocycles. The van der Waals surface area contributed by atoms with Crippen LogP contribution in [0.3, 0.4) is 0 Å². The standard InChI is InChI=1S/C24H26FNO5/c1-2-30-23(29)24(13-16-7-3-4-8-18(16)25)11-6-12-26(15-24)22(28)17-14-31-20-10-5-9-19(27)21(17)20/h3-4,7-8,14H,2,5-6,9-13,15H2,1H3. The van der Waals surface area contributed by atoms with Crippen molar-refractivity contribution in [2.75, 3.05) is 19.7 Å². The first kappa shape index (κ1) is 21.3. The summed E-state index contributed by atoms with van der Waals surface area (Å²) in [7, 11) is 0. The largest absolute Gasteiger partial charge is 0.468 e. The molecule has 1 fully saturated rings. The molecule has 1 aromatic heterocycles. The third-order valence-electron chi connectivity index (χ3n) is 6.24. The number of esters is 1. The summed E-state index contributed by atoms with van der Waals surface area (Å²) in [5.74, 6) is -0.676. The number of aryl methyl sites for hydroxylation is 1. The van der Waals surface area contributed by atoms with E-state index in [-0.39, 0.29) is 42.6 Å². The lowest BCUT2D eigenvalue weighted by atomic mass is 9.74. The fourth-order valence-corrected chi connectivity index (χ4v) is 4.73. The molecule has 1 aromatic carbocycles. The first-order chi connectivity index (χ1) is 14.9. The lowest BCUT2D eigenvalue weighted by Crippen LogP contribution is -2.51. The fourth-order valence-electron chi connectivity index (χ4n) is 4.73. The van der Waals surface area contributed by atoms with Crippen molar-refractivity contribution in [3.8, 4) is 0 Å². The van der Waals surface area contributed by atoms with Crippen LogP contribution in [-0.4, -0.2) is 42.3 Å². The van der Waals surface area contributed by atoms with Gasteiger partial charge in [-0.2, -0.15) is 0 Å². The van der Waals surface area contributed by atoms with Crippen molar-refractivity contribution < 1.29 is 27.9 Å². The second kappa shape index (κ2) is 8.65. The molecule has 1 unspecified atom stereocenters. The van der Waals surface area contributed by atoms with Crippen LogP contribution in [0.1, 0.15) is 64.6 Å². The Balaban J connectivity index is 1.64. The van der Waals surface area contributed by atoms with Crippen molar-refractivity contribution >= 4 is 17.7 Å². The molecule has 6 nitrogen and oxygen atoms in total. The first-order valence-corrected chi connectivity index (χ1v) is 10.8. The summed E-state index contributed by atoms with van der Waals surface area (Å²) in [5.41, 5.74) is 0.00328. The van der Waals surface area contributed by atoms with Crippen LogP contribution in [0.2, 0.25) is 0 Å². The Labute approximate surface area is 180 Å². The smallest absolute Gasteiger partial charge is 0.314 e. The van der Waals surface area contributed by atoms with E-state index in [1.807, 2.05) is 0 Å². The highest BCUT2D eigenvalue weighted by Gasteiger charge is 2.46. The maximum absolute atomic E-state index is 14.4. The van der Waals surface area contributed by atoms with Crippen LogP contribution in [0, 0.1) is 11.2 Å². The van der Waals surface area contributed by atoms with Crippen molar-refractivity contribution in [2.45, 2.75) is 45.4 Å². The number of furan rings is 1. The third-order valence-corrected chi connectivity index (χ3v) is 6.24. The van der Waals surface area contributed by atoms with Gasteiger partial charge in [0.25, 0.3) is 5.91 Å². The molecule has 164 valence electrons. The number of nitrogens with zero attached hydrogens (tertiary/aromatic N) is 1. The molecular formula is C24H26FNO5. The zero-order valence-electron chi connectivity index (χ0n) is 17.6. The van der Waals surface area contributed by atoms with E-state index < -0.39 is 11.4 Å². The number of halogens is 1. The number of likely N-dealkylation sites (tertiary alicyclic amines) is 1. The quantitative estimate of drug-likeness (QED) is 0.675. The summed E-state index contributed by atoms with van der Waals surface area (Å²) in [4.78, 5) is 40.4. The van der Waals surface area contributed by atoms with E-state index in [2.05, 4.69) is 0 Å². The minimum atomic E-state index is -1.04. The number of hydrogen-bond donors (Lipinski definition) is 0. The maximum Gasteiger partial charge on any atom is 0.314 e. The highest BCUT2D eigenvalue weighted by atomic mass is 19.1. The van der Waals surface area contributed by atoms with Gasteiger partial charge in [0.1, 0.15) is 17.8 Å². The SMILES string of the molecule is CCOC(=O)C1(Cc2ccccc2F)CCCN(C(=O)c2coc3c2C(=O)CCC3)C1. The second-order valence-corrected chi connectivity index (χ2v) is 8.32. The van der Waals surface area contributed by atoms with Gasteiger partial charge in [0, 0.05) is 25.9 Å². The van der Waals surface area contributed by atoms with Gasteiger partial charge in [0.2, 0.25) is 0 Å². The molecule has 1 aliphatic heterocycles. The van der Waals surface area contributed by atoms with E-state index in [4.69, 9.17) is 9.15 Å². The van der Waals surface area contributed by atoms with Crippen LogP contribution in [0.4, 0.5) is 4.39 Å². The molecule has 0 saturated carbocycles. The van der Waals surface area contributed by atoms with Crippen molar-refractivity contribution in [3.63, 3.8) is 0 Å². The van der Waals surface area contributed by atoms with Crippen LogP contribution in [-0.2, 0) is 22.4 Å². The van der Waals surface area contributed by atoms with E-state index in [0.717, 1.165) is 0 Å². The topological polar surface area (TPSA) is 76.8 Å². The Morgan fingerprint density at radius 2 is 2.03 bits per heavy atom. The lowest BCUT2D eigenvalue weighted by Gasteiger charge is -2.41. The molecule has 4 rings (SSSR count). The summed E-state index contributed by atoms with van der Waals surface area (Å²) >= 11 is 0. The minimum absolute atomic E-state index is 0.0848. The van der Waals surface area contributed by atoms with Gasteiger partial charge >= 0.3 is 5.97 Å². The van der Waals surface area contributed by atoms with Gasteiger partial charge in [-0.3, -0.25) is 14.4 Å². The van der Waals surface area contributed by atoms with Crippen LogP contribution >= 0.6 is 0 Å². The van der Waals surface area contributed by atoms with Crippen molar-refractivity contribution in [3.05, 3.63) is 58.8 Å². The number of piperidine rings is 1. The molecule has 0 spiro atoms. The number of amides is 1. The fraction of sp³-hybridized carbons (Fsp3) is 0.458. The number of carbonyl (C=O) groups is 3. The number of carbonyl (C=O) groups excluding carboxylic acids is 3. The predicted octanol–water partition coefficient (Wildman–Crippen LogP) is 3.97. The lowest BCUT2D eigenvalue weighted by molar-refractivity contribution is -0.158. The molecule has 7 heteroatoms. The van der Waals surface area contributed by atoms with Crippen LogP contribution in [0.25, 0.3) is 0 Å². The van der Waals surface area contributed by atoms with E-state index in [0.29, 0.717) is 55.5 Å². The number of ether oxygens (including phenoxy) is 1. The highest BCUT2D eigenvalue weighted by molar-refractivity contribution is 6.09. The summed E-state index contributed by atoms with van der Waals surface area (Å²) in [6, 6.07) is 6.35. The summed E-state index contributed by atoms with van der Waals surface area (Å²) < 4.78 is 25.3. The zero-order chi connectivity index (χ0) is 22.0. The Morgan fingerprint density at radius 3 is 2.81 bits per heavy atom. The second-order valence-electron chi connectivity index (χ2n) is 8.32. The van der Waals surface area contributed by atoms with E-state index in [1.54, 1.807) is 30.0 Å². The molecule has 0 N–H and O–H groups in total. The average molecular weight is 427 g/mol. The summed E-state index contributed by atoms with van der Waals surface area (Å²) in [6.45, 7) is 2.48. The normalized spacial score (nSPS) is 21.0. The van der Waals surface area contributed by atoms with Gasteiger partial charge in [0.15, 0.2) is 5.78 Å². The molecule has 1 amide bonds. The van der Waals surface area contributed by atoms with Gasteiger partial charge in [-0.15, -0.1) is 0 Å². The van der Waals surface area contributed by atoms with Crippen molar-refractivity contribution in [2.24, 2.45) is 5.41 Å². The van der Waals surface area contributed by atoms with Gasteiger partial charge in [-0.25, -0.2) is 4.39 Å². The average Bonchev–Trinajstić information content (AvgIpc) is 3.21. The minimum Gasteiger partial charge on any atom is -0.468 e.